The van der Waals surface area contributed by atoms with Crippen LogP contribution in [0.25, 0.3) is 0 Å². The van der Waals surface area contributed by atoms with Crippen molar-refractivity contribution in [1.82, 2.24) is 0 Å². The zero-order valence-corrected chi connectivity index (χ0v) is 12.9. The van der Waals surface area contributed by atoms with Gasteiger partial charge < -0.3 is 14.2 Å². The molecule has 0 spiro atoms. The van der Waals surface area contributed by atoms with Gasteiger partial charge in [-0.3, -0.25) is 0 Å². The lowest BCUT2D eigenvalue weighted by Crippen LogP contribution is -2.17. The molecule has 108 valence electrons. The molecule has 0 saturated heterocycles. The third-order valence-electron chi connectivity index (χ3n) is 2.10. The molecule has 0 amide bonds. The van der Waals surface area contributed by atoms with E-state index in [1.807, 2.05) is 20.8 Å². The molecular formula is C13H17BrF2O3. The van der Waals surface area contributed by atoms with Crippen LogP contribution in [-0.4, -0.2) is 20.3 Å². The molecule has 1 aromatic carbocycles. The van der Waals surface area contributed by atoms with Crippen LogP contribution in [0.15, 0.2) is 16.6 Å². The van der Waals surface area contributed by atoms with Crippen LogP contribution < -0.4 is 14.2 Å². The molecule has 1 rings (SSSR count). The van der Waals surface area contributed by atoms with Gasteiger partial charge in [0.25, 0.3) is 0 Å². The summed E-state index contributed by atoms with van der Waals surface area (Å²) in [5.74, 6) is 0.458. The molecule has 0 atom stereocenters. The predicted octanol–water partition coefficient (Wildman–Crippen LogP) is 4.48. The SMILES string of the molecule is COc1c(OC(F)F)ccc(Br)c1OCC(C)(C)C. The topological polar surface area (TPSA) is 27.7 Å². The van der Waals surface area contributed by atoms with E-state index in [4.69, 9.17) is 9.47 Å². The molecule has 1 aromatic rings. The molecule has 0 fully saturated rings. The third kappa shape index (κ3) is 4.86. The summed E-state index contributed by atoms with van der Waals surface area (Å²) in [7, 11) is 1.38. The van der Waals surface area contributed by atoms with E-state index >= 15 is 0 Å². The normalized spacial score (nSPS) is 11.6. The summed E-state index contributed by atoms with van der Waals surface area (Å²) < 4.78 is 40.4. The van der Waals surface area contributed by atoms with E-state index < -0.39 is 6.61 Å². The van der Waals surface area contributed by atoms with E-state index in [1.165, 1.54) is 13.2 Å². The smallest absolute Gasteiger partial charge is 0.387 e. The van der Waals surface area contributed by atoms with E-state index in [0.29, 0.717) is 16.8 Å². The molecule has 0 radical (unpaired) electrons. The van der Waals surface area contributed by atoms with Crippen LogP contribution in [0.3, 0.4) is 0 Å². The van der Waals surface area contributed by atoms with E-state index in [9.17, 15) is 8.78 Å². The van der Waals surface area contributed by atoms with Gasteiger partial charge in [0.2, 0.25) is 5.75 Å². The van der Waals surface area contributed by atoms with Gasteiger partial charge in [-0.1, -0.05) is 20.8 Å². The lowest BCUT2D eigenvalue weighted by atomic mass is 9.99. The Morgan fingerprint density at radius 2 is 1.84 bits per heavy atom. The summed E-state index contributed by atoms with van der Waals surface area (Å²) in [5.41, 5.74) is -0.0654. The standard InChI is InChI=1S/C13H17BrF2O3/c1-13(2,3)7-18-10-8(14)5-6-9(11(10)17-4)19-12(15)16/h5-6,12H,7H2,1-4H3. The second-order valence-electron chi connectivity index (χ2n) is 5.14. The number of methoxy groups -OCH3 is 1. The minimum atomic E-state index is -2.91. The quantitative estimate of drug-likeness (QED) is 0.791. The van der Waals surface area contributed by atoms with E-state index in [0.717, 1.165) is 0 Å². The van der Waals surface area contributed by atoms with Gasteiger partial charge >= 0.3 is 6.61 Å². The molecular weight excluding hydrogens is 322 g/mol. The van der Waals surface area contributed by atoms with Crippen LogP contribution in [0.1, 0.15) is 20.8 Å². The van der Waals surface area contributed by atoms with Crippen LogP contribution in [0, 0.1) is 5.41 Å². The number of hydrogen-bond donors (Lipinski definition) is 0. The first-order chi connectivity index (χ1) is 8.74. The number of alkyl halides is 2. The lowest BCUT2D eigenvalue weighted by Gasteiger charge is -2.21. The van der Waals surface area contributed by atoms with Crippen LogP contribution in [-0.2, 0) is 0 Å². The Balaban J connectivity index is 3.06. The van der Waals surface area contributed by atoms with Crippen molar-refractivity contribution in [3.63, 3.8) is 0 Å². The summed E-state index contributed by atoms with van der Waals surface area (Å²) in [4.78, 5) is 0. The summed E-state index contributed by atoms with van der Waals surface area (Å²) in [5, 5.41) is 0. The maximum absolute atomic E-state index is 12.3. The molecule has 0 aliphatic heterocycles. The summed E-state index contributed by atoms with van der Waals surface area (Å²) in [6, 6.07) is 2.98. The Labute approximate surface area is 120 Å². The highest BCUT2D eigenvalue weighted by atomic mass is 79.9. The molecule has 0 aliphatic carbocycles. The van der Waals surface area contributed by atoms with Gasteiger partial charge in [0.15, 0.2) is 11.5 Å². The zero-order chi connectivity index (χ0) is 14.6. The molecule has 19 heavy (non-hydrogen) atoms. The molecule has 0 aliphatic rings. The van der Waals surface area contributed by atoms with Crippen molar-refractivity contribution in [2.45, 2.75) is 27.4 Å². The van der Waals surface area contributed by atoms with Crippen molar-refractivity contribution >= 4 is 15.9 Å². The fourth-order valence-electron chi connectivity index (χ4n) is 1.33. The maximum atomic E-state index is 12.3. The Bertz CT molecular complexity index is 431. The van der Waals surface area contributed by atoms with E-state index in [1.54, 1.807) is 6.07 Å². The average molecular weight is 339 g/mol. The highest BCUT2D eigenvalue weighted by Crippen LogP contribution is 2.43. The molecule has 0 aromatic heterocycles. The van der Waals surface area contributed by atoms with Crippen molar-refractivity contribution in [2.75, 3.05) is 13.7 Å². The van der Waals surface area contributed by atoms with E-state index in [-0.39, 0.29) is 16.9 Å². The number of ether oxygens (including phenoxy) is 3. The average Bonchev–Trinajstić information content (AvgIpc) is 2.27. The number of rotatable bonds is 5. The first-order valence-electron chi connectivity index (χ1n) is 5.68. The number of benzene rings is 1. The molecule has 0 N–H and O–H groups in total. The Morgan fingerprint density at radius 1 is 1.21 bits per heavy atom. The molecule has 0 heterocycles. The van der Waals surface area contributed by atoms with Gasteiger partial charge in [-0.25, -0.2) is 0 Å². The van der Waals surface area contributed by atoms with Gasteiger partial charge in [0, 0.05) is 0 Å². The lowest BCUT2D eigenvalue weighted by molar-refractivity contribution is -0.0514. The minimum Gasteiger partial charge on any atom is -0.490 e. The van der Waals surface area contributed by atoms with Crippen LogP contribution in [0.2, 0.25) is 0 Å². The second kappa shape index (κ2) is 6.41. The Hall–Kier alpha value is -1.04. The maximum Gasteiger partial charge on any atom is 0.387 e. The van der Waals surface area contributed by atoms with Gasteiger partial charge in [-0.2, -0.15) is 8.78 Å². The molecule has 6 heteroatoms. The van der Waals surface area contributed by atoms with Gasteiger partial charge in [-0.05, 0) is 33.5 Å². The second-order valence-corrected chi connectivity index (χ2v) is 5.99. The number of hydrogen-bond acceptors (Lipinski definition) is 3. The van der Waals surface area contributed by atoms with Gasteiger partial charge in [0.1, 0.15) is 0 Å². The third-order valence-corrected chi connectivity index (χ3v) is 2.72. The van der Waals surface area contributed by atoms with Crippen molar-refractivity contribution in [3.8, 4) is 17.2 Å². The Kier molecular flexibility index (Phi) is 5.40. The highest BCUT2D eigenvalue weighted by molar-refractivity contribution is 9.10. The fraction of sp³-hybridized carbons (Fsp3) is 0.538. The van der Waals surface area contributed by atoms with Crippen molar-refractivity contribution < 1.29 is 23.0 Å². The minimum absolute atomic E-state index is 0.0513. The van der Waals surface area contributed by atoms with Crippen molar-refractivity contribution in [1.29, 1.82) is 0 Å². The summed E-state index contributed by atoms with van der Waals surface area (Å²) in [6.45, 7) is 3.53. The van der Waals surface area contributed by atoms with Gasteiger partial charge in [0.05, 0.1) is 18.2 Å². The first-order valence-corrected chi connectivity index (χ1v) is 6.48. The summed E-state index contributed by atoms with van der Waals surface area (Å²) in [6.07, 6.45) is 0. The highest BCUT2D eigenvalue weighted by Gasteiger charge is 2.20. The fourth-order valence-corrected chi connectivity index (χ4v) is 1.75. The first kappa shape index (κ1) is 16.0. The summed E-state index contributed by atoms with van der Waals surface area (Å²) >= 11 is 3.31. The molecule has 0 bridgehead atoms. The molecule has 0 unspecified atom stereocenters. The largest absolute Gasteiger partial charge is 0.490 e. The van der Waals surface area contributed by atoms with Gasteiger partial charge in [-0.15, -0.1) is 0 Å². The van der Waals surface area contributed by atoms with Crippen LogP contribution in [0.5, 0.6) is 17.2 Å². The Morgan fingerprint density at radius 3 is 2.32 bits per heavy atom. The zero-order valence-electron chi connectivity index (χ0n) is 11.3. The van der Waals surface area contributed by atoms with Crippen LogP contribution in [0.4, 0.5) is 8.78 Å². The predicted molar refractivity (Wildman–Crippen MR) is 72.3 cm³/mol. The van der Waals surface area contributed by atoms with Crippen molar-refractivity contribution in [2.24, 2.45) is 5.41 Å². The van der Waals surface area contributed by atoms with Crippen molar-refractivity contribution in [3.05, 3.63) is 16.6 Å². The van der Waals surface area contributed by atoms with Crippen LogP contribution >= 0.6 is 15.9 Å². The monoisotopic (exact) mass is 338 g/mol. The molecule has 3 nitrogen and oxygen atoms in total. The number of halogens is 3. The van der Waals surface area contributed by atoms with E-state index in [2.05, 4.69) is 20.7 Å². The molecule has 0 saturated carbocycles.